The molecule has 6 heteroatoms. The van der Waals surface area contributed by atoms with E-state index in [9.17, 15) is 14.4 Å². The van der Waals surface area contributed by atoms with Gasteiger partial charge in [0.25, 0.3) is 5.91 Å². The van der Waals surface area contributed by atoms with E-state index in [0.717, 1.165) is 36.2 Å². The quantitative estimate of drug-likeness (QED) is 0.835. The Bertz CT molecular complexity index is 739. The van der Waals surface area contributed by atoms with Crippen LogP contribution >= 0.6 is 0 Å². The number of ether oxygens (including phenoxy) is 1. The molecular formula is C19H22N2O4. The van der Waals surface area contributed by atoms with Crippen molar-refractivity contribution < 1.29 is 19.1 Å². The minimum atomic E-state index is -0.524. The fourth-order valence-corrected chi connectivity index (χ4v) is 3.24. The Balaban J connectivity index is 1.60. The van der Waals surface area contributed by atoms with Gasteiger partial charge in [0.2, 0.25) is 5.91 Å². The molecule has 0 bridgehead atoms. The van der Waals surface area contributed by atoms with Crippen molar-refractivity contribution in [3.8, 4) is 0 Å². The minimum Gasteiger partial charge on any atom is -0.452 e. The van der Waals surface area contributed by atoms with Crippen LogP contribution < -0.4 is 5.32 Å². The van der Waals surface area contributed by atoms with Gasteiger partial charge in [-0.25, -0.2) is 4.79 Å². The van der Waals surface area contributed by atoms with Gasteiger partial charge in [-0.2, -0.15) is 0 Å². The standard InChI is InChI=1S/C19H22N2O4/c1-2-21(15-5-3-4-6-15)18(23)12-25-19(24)14-7-9-16-13(11-14)8-10-17(22)20-16/h5,7,9,11H,2-4,6,8,10,12H2,1H3,(H,20,22). The molecule has 6 nitrogen and oxygen atoms in total. The van der Waals surface area contributed by atoms with Crippen LogP contribution in [-0.2, 0) is 20.7 Å². The zero-order valence-electron chi connectivity index (χ0n) is 14.3. The predicted molar refractivity (Wildman–Crippen MR) is 93.0 cm³/mol. The number of anilines is 1. The first-order chi connectivity index (χ1) is 12.1. The topological polar surface area (TPSA) is 75.7 Å². The lowest BCUT2D eigenvalue weighted by molar-refractivity contribution is -0.132. The van der Waals surface area contributed by atoms with Crippen molar-refractivity contribution in [1.29, 1.82) is 0 Å². The fourth-order valence-electron chi connectivity index (χ4n) is 3.24. The Kier molecular flexibility index (Phi) is 5.16. The van der Waals surface area contributed by atoms with Crippen LogP contribution in [0.4, 0.5) is 5.69 Å². The zero-order chi connectivity index (χ0) is 17.8. The predicted octanol–water partition coefficient (Wildman–Crippen LogP) is 2.64. The number of aryl methyl sites for hydroxylation is 1. The highest BCUT2D eigenvalue weighted by molar-refractivity contribution is 5.96. The van der Waals surface area contributed by atoms with Crippen molar-refractivity contribution in [2.75, 3.05) is 18.5 Å². The number of likely N-dealkylation sites (N-methyl/N-ethyl adjacent to an activating group) is 1. The SMILES string of the molecule is CCN(C(=O)COC(=O)c1ccc2c(c1)CCC(=O)N2)C1=CCCC1. The minimum absolute atomic E-state index is 0.0192. The largest absolute Gasteiger partial charge is 0.452 e. The Morgan fingerprint density at radius 3 is 2.80 bits per heavy atom. The Morgan fingerprint density at radius 2 is 2.08 bits per heavy atom. The average molecular weight is 342 g/mol. The van der Waals surface area contributed by atoms with Crippen LogP contribution in [0, 0.1) is 0 Å². The van der Waals surface area contributed by atoms with Gasteiger partial charge in [0.1, 0.15) is 0 Å². The average Bonchev–Trinajstić information content (AvgIpc) is 3.14. The molecule has 0 radical (unpaired) electrons. The zero-order valence-corrected chi connectivity index (χ0v) is 14.3. The third-order valence-corrected chi connectivity index (χ3v) is 4.54. The molecular weight excluding hydrogens is 320 g/mol. The summed E-state index contributed by atoms with van der Waals surface area (Å²) in [6, 6.07) is 5.03. The van der Waals surface area contributed by atoms with Crippen molar-refractivity contribution >= 4 is 23.5 Å². The van der Waals surface area contributed by atoms with E-state index in [-0.39, 0.29) is 18.4 Å². The van der Waals surface area contributed by atoms with Gasteiger partial charge in [-0.3, -0.25) is 9.59 Å². The van der Waals surface area contributed by atoms with Gasteiger partial charge >= 0.3 is 5.97 Å². The number of nitrogens with one attached hydrogen (secondary N) is 1. The number of nitrogens with zero attached hydrogens (tertiary/aromatic N) is 1. The third kappa shape index (κ3) is 3.90. The molecule has 1 aliphatic carbocycles. The number of amides is 2. The molecule has 1 aromatic rings. The summed E-state index contributed by atoms with van der Waals surface area (Å²) in [5.74, 6) is -0.743. The Morgan fingerprint density at radius 1 is 1.24 bits per heavy atom. The van der Waals surface area contributed by atoms with E-state index in [4.69, 9.17) is 4.74 Å². The maximum atomic E-state index is 12.3. The summed E-state index contributed by atoms with van der Waals surface area (Å²) in [5, 5.41) is 2.77. The van der Waals surface area contributed by atoms with E-state index in [2.05, 4.69) is 11.4 Å². The van der Waals surface area contributed by atoms with Crippen LogP contribution in [0.1, 0.15) is 48.5 Å². The summed E-state index contributed by atoms with van der Waals surface area (Å²) in [6.45, 7) is 2.22. The van der Waals surface area contributed by atoms with Crippen LogP contribution in [-0.4, -0.2) is 35.8 Å². The molecule has 2 aliphatic rings. The first-order valence-corrected chi connectivity index (χ1v) is 8.67. The van der Waals surface area contributed by atoms with E-state index in [0.29, 0.717) is 24.9 Å². The maximum absolute atomic E-state index is 12.3. The molecule has 0 saturated heterocycles. The molecule has 2 amide bonds. The number of hydrogen-bond donors (Lipinski definition) is 1. The molecule has 0 fully saturated rings. The number of allylic oxidation sites excluding steroid dienone is 2. The van der Waals surface area contributed by atoms with Gasteiger partial charge in [0, 0.05) is 24.4 Å². The number of benzene rings is 1. The first-order valence-electron chi connectivity index (χ1n) is 8.67. The number of rotatable bonds is 5. The van der Waals surface area contributed by atoms with E-state index in [1.165, 1.54) is 0 Å². The maximum Gasteiger partial charge on any atom is 0.338 e. The molecule has 25 heavy (non-hydrogen) atoms. The smallest absolute Gasteiger partial charge is 0.338 e. The molecule has 0 aromatic heterocycles. The van der Waals surface area contributed by atoms with Crippen LogP contribution in [0.15, 0.2) is 30.0 Å². The normalized spacial score (nSPS) is 15.9. The fraction of sp³-hybridized carbons (Fsp3) is 0.421. The summed E-state index contributed by atoms with van der Waals surface area (Å²) >= 11 is 0. The molecule has 0 atom stereocenters. The molecule has 0 spiro atoms. The lowest BCUT2D eigenvalue weighted by Gasteiger charge is -2.22. The highest BCUT2D eigenvalue weighted by Crippen LogP contribution is 2.24. The molecule has 0 saturated carbocycles. The first kappa shape index (κ1) is 17.2. The summed E-state index contributed by atoms with van der Waals surface area (Å²) in [7, 11) is 0. The highest BCUT2D eigenvalue weighted by atomic mass is 16.5. The molecule has 3 rings (SSSR count). The van der Waals surface area contributed by atoms with E-state index in [1.807, 2.05) is 6.92 Å². The van der Waals surface area contributed by atoms with Crippen molar-refractivity contribution in [1.82, 2.24) is 4.90 Å². The Hall–Kier alpha value is -2.63. The molecule has 0 unspecified atom stereocenters. The second kappa shape index (κ2) is 7.51. The van der Waals surface area contributed by atoms with Crippen molar-refractivity contribution in [3.63, 3.8) is 0 Å². The van der Waals surface area contributed by atoms with Gasteiger partial charge in [-0.1, -0.05) is 6.08 Å². The Labute approximate surface area is 146 Å². The number of fused-ring (bicyclic) bond motifs is 1. The van der Waals surface area contributed by atoms with E-state index < -0.39 is 5.97 Å². The number of hydrogen-bond acceptors (Lipinski definition) is 4. The van der Waals surface area contributed by atoms with Crippen molar-refractivity contribution in [3.05, 3.63) is 41.1 Å². The van der Waals surface area contributed by atoms with Gasteiger partial charge in [-0.15, -0.1) is 0 Å². The molecule has 132 valence electrons. The summed E-state index contributed by atoms with van der Waals surface area (Å²) in [5.41, 5.74) is 3.06. The van der Waals surface area contributed by atoms with Gasteiger partial charge < -0.3 is 15.0 Å². The summed E-state index contributed by atoms with van der Waals surface area (Å²) in [6.07, 6.45) is 6.02. The van der Waals surface area contributed by atoms with Crippen LogP contribution in [0.25, 0.3) is 0 Å². The highest BCUT2D eigenvalue weighted by Gasteiger charge is 2.21. The second-order valence-electron chi connectivity index (χ2n) is 6.22. The molecule has 1 N–H and O–H groups in total. The molecule has 1 aromatic carbocycles. The van der Waals surface area contributed by atoms with Gasteiger partial charge in [-0.05, 0) is 56.4 Å². The number of carbonyl (C=O) groups is 3. The second-order valence-corrected chi connectivity index (χ2v) is 6.22. The van der Waals surface area contributed by atoms with Gasteiger partial charge in [0.15, 0.2) is 6.61 Å². The van der Waals surface area contributed by atoms with Crippen molar-refractivity contribution in [2.45, 2.75) is 39.0 Å². The molecule has 1 heterocycles. The lowest BCUT2D eigenvalue weighted by Crippen LogP contribution is -2.33. The summed E-state index contributed by atoms with van der Waals surface area (Å²) in [4.78, 5) is 37.6. The van der Waals surface area contributed by atoms with Crippen molar-refractivity contribution in [2.24, 2.45) is 0 Å². The van der Waals surface area contributed by atoms with Gasteiger partial charge in [0.05, 0.1) is 5.56 Å². The van der Waals surface area contributed by atoms with E-state index >= 15 is 0 Å². The summed E-state index contributed by atoms with van der Waals surface area (Å²) < 4.78 is 5.20. The third-order valence-electron chi connectivity index (χ3n) is 4.54. The number of esters is 1. The monoisotopic (exact) mass is 342 g/mol. The number of carbonyl (C=O) groups excluding carboxylic acids is 3. The molecule has 1 aliphatic heterocycles. The van der Waals surface area contributed by atoms with E-state index in [1.54, 1.807) is 23.1 Å². The van der Waals surface area contributed by atoms with Crippen LogP contribution in [0.2, 0.25) is 0 Å². The van der Waals surface area contributed by atoms with Crippen LogP contribution in [0.5, 0.6) is 0 Å². The van der Waals surface area contributed by atoms with Crippen LogP contribution in [0.3, 0.4) is 0 Å². The lowest BCUT2D eigenvalue weighted by atomic mass is 10.0.